The Morgan fingerprint density at radius 1 is 1.47 bits per heavy atom. The minimum atomic E-state index is -0.521. The molecule has 0 aromatic heterocycles. The van der Waals surface area contributed by atoms with Gasteiger partial charge in [-0.15, -0.1) is 0 Å². The maximum absolute atomic E-state index is 11.4. The maximum atomic E-state index is 11.4. The summed E-state index contributed by atoms with van der Waals surface area (Å²) >= 11 is 0. The van der Waals surface area contributed by atoms with Crippen molar-refractivity contribution in [3.05, 3.63) is 33.9 Å². The Morgan fingerprint density at radius 3 is 3.00 bits per heavy atom. The summed E-state index contributed by atoms with van der Waals surface area (Å²) in [6, 6.07) is 3.95. The van der Waals surface area contributed by atoms with Crippen LogP contribution in [-0.2, 0) is 0 Å². The molecular weight excluding hydrogens is 200 g/mol. The predicted molar refractivity (Wildman–Crippen MR) is 50.9 cm³/mol. The Morgan fingerprint density at radius 2 is 2.27 bits per heavy atom. The van der Waals surface area contributed by atoms with E-state index in [4.69, 9.17) is 4.74 Å². The van der Waals surface area contributed by atoms with Gasteiger partial charge in [-0.1, -0.05) is 0 Å². The molecule has 1 amide bonds. The fourth-order valence-corrected chi connectivity index (χ4v) is 1.35. The molecule has 1 N–H and O–H groups in total. The van der Waals surface area contributed by atoms with Crippen molar-refractivity contribution in [3.63, 3.8) is 0 Å². The molecule has 0 saturated carbocycles. The molecule has 0 spiro atoms. The van der Waals surface area contributed by atoms with Gasteiger partial charge in [0.2, 0.25) is 0 Å². The molecule has 0 aliphatic carbocycles. The van der Waals surface area contributed by atoms with Gasteiger partial charge in [-0.3, -0.25) is 14.9 Å². The average Bonchev–Trinajstić information content (AvgIpc) is 2.40. The molecule has 15 heavy (non-hydrogen) atoms. The third-order valence-corrected chi connectivity index (χ3v) is 2.07. The van der Waals surface area contributed by atoms with Gasteiger partial charge >= 0.3 is 0 Å². The van der Waals surface area contributed by atoms with Crippen LogP contribution in [0.3, 0.4) is 0 Å². The summed E-state index contributed by atoms with van der Waals surface area (Å²) in [6.45, 7) is 0.723. The first-order valence-electron chi connectivity index (χ1n) is 4.38. The van der Waals surface area contributed by atoms with Crippen LogP contribution in [0.5, 0.6) is 5.75 Å². The highest BCUT2D eigenvalue weighted by Gasteiger charge is 2.19. The van der Waals surface area contributed by atoms with Crippen LogP contribution in [-0.4, -0.2) is 24.0 Å². The number of nitro benzene ring substituents is 1. The minimum Gasteiger partial charge on any atom is -0.491 e. The van der Waals surface area contributed by atoms with Gasteiger partial charge in [0.1, 0.15) is 12.4 Å². The largest absolute Gasteiger partial charge is 0.491 e. The van der Waals surface area contributed by atoms with E-state index in [0.717, 1.165) is 0 Å². The van der Waals surface area contributed by atoms with Gasteiger partial charge in [0.15, 0.2) is 0 Å². The molecule has 6 nitrogen and oxygen atoms in total. The second-order valence-electron chi connectivity index (χ2n) is 3.04. The van der Waals surface area contributed by atoms with Gasteiger partial charge in [-0.2, -0.15) is 0 Å². The molecule has 1 aromatic carbocycles. The molecule has 0 unspecified atom stereocenters. The number of non-ortho nitro benzene ring substituents is 1. The van der Waals surface area contributed by atoms with E-state index in [0.29, 0.717) is 18.7 Å². The summed E-state index contributed by atoms with van der Waals surface area (Å²) in [5.41, 5.74) is 0.251. The zero-order valence-corrected chi connectivity index (χ0v) is 7.73. The summed E-state index contributed by atoms with van der Waals surface area (Å²) < 4.78 is 5.22. The van der Waals surface area contributed by atoms with Crippen LogP contribution in [0.4, 0.5) is 5.69 Å². The van der Waals surface area contributed by atoms with Crippen LogP contribution in [0.1, 0.15) is 10.4 Å². The lowest BCUT2D eigenvalue weighted by molar-refractivity contribution is -0.384. The molecule has 1 aliphatic rings. The van der Waals surface area contributed by atoms with Crippen molar-refractivity contribution in [2.45, 2.75) is 0 Å². The molecule has 1 aliphatic heterocycles. The predicted octanol–water partition coefficient (Wildman–Crippen LogP) is 0.717. The van der Waals surface area contributed by atoms with Crippen molar-refractivity contribution in [1.82, 2.24) is 5.32 Å². The topological polar surface area (TPSA) is 81.5 Å². The lowest BCUT2D eigenvalue weighted by atomic mass is 10.1. The molecule has 1 aromatic rings. The number of nitrogens with one attached hydrogen (secondary N) is 1. The lowest BCUT2D eigenvalue weighted by Crippen LogP contribution is -2.24. The monoisotopic (exact) mass is 208 g/mol. The highest BCUT2D eigenvalue weighted by molar-refractivity contribution is 5.97. The summed E-state index contributed by atoms with van der Waals surface area (Å²) in [5, 5.41) is 13.1. The highest BCUT2D eigenvalue weighted by atomic mass is 16.6. The number of rotatable bonds is 1. The van der Waals surface area contributed by atoms with Gasteiger partial charge in [0.05, 0.1) is 23.1 Å². The second kappa shape index (κ2) is 3.56. The van der Waals surface area contributed by atoms with Crippen molar-refractivity contribution >= 4 is 11.6 Å². The number of nitro groups is 1. The summed E-state index contributed by atoms with van der Waals surface area (Å²) in [4.78, 5) is 21.4. The standard InChI is InChI=1S/C9H8N2O4/c12-9-7-2-1-6(11(13)14)5-8(7)15-4-3-10-9/h1-2,5H,3-4H2,(H,10,12). The SMILES string of the molecule is O=C1NCCOc2cc([N+](=O)[O-])ccc21. The van der Waals surface area contributed by atoms with Gasteiger partial charge in [-0.25, -0.2) is 0 Å². The van der Waals surface area contributed by atoms with Crippen LogP contribution in [0, 0.1) is 10.1 Å². The van der Waals surface area contributed by atoms with Crippen molar-refractivity contribution in [2.75, 3.05) is 13.2 Å². The molecule has 1 heterocycles. The molecule has 6 heteroatoms. The Balaban J connectivity index is 2.47. The van der Waals surface area contributed by atoms with Gasteiger partial charge in [0, 0.05) is 6.07 Å². The fraction of sp³-hybridized carbons (Fsp3) is 0.222. The Labute approximate surface area is 85.0 Å². The maximum Gasteiger partial charge on any atom is 0.273 e. The van der Waals surface area contributed by atoms with Crippen LogP contribution >= 0.6 is 0 Å². The Hall–Kier alpha value is -2.11. The summed E-state index contributed by atoms with van der Waals surface area (Å²) in [5.74, 6) is -0.00315. The number of carbonyl (C=O) groups excluding carboxylic acids is 1. The number of carbonyl (C=O) groups is 1. The van der Waals surface area contributed by atoms with Crippen LogP contribution in [0.15, 0.2) is 18.2 Å². The van der Waals surface area contributed by atoms with Gasteiger partial charge in [-0.05, 0) is 6.07 Å². The zero-order valence-electron chi connectivity index (χ0n) is 7.73. The first-order valence-corrected chi connectivity index (χ1v) is 4.38. The van der Waals surface area contributed by atoms with E-state index >= 15 is 0 Å². The number of benzene rings is 1. The molecule has 78 valence electrons. The third kappa shape index (κ3) is 1.74. The van der Waals surface area contributed by atoms with E-state index in [-0.39, 0.29) is 17.3 Å². The molecule has 0 radical (unpaired) electrons. The number of hydrogen-bond donors (Lipinski definition) is 1. The smallest absolute Gasteiger partial charge is 0.273 e. The Bertz CT molecular complexity index is 430. The van der Waals surface area contributed by atoms with Crippen molar-refractivity contribution in [1.29, 1.82) is 0 Å². The second-order valence-corrected chi connectivity index (χ2v) is 3.04. The van der Waals surface area contributed by atoms with E-state index in [9.17, 15) is 14.9 Å². The quantitative estimate of drug-likeness (QED) is 0.544. The Kier molecular flexibility index (Phi) is 2.24. The first-order chi connectivity index (χ1) is 7.18. The summed E-state index contributed by atoms with van der Waals surface area (Å²) in [7, 11) is 0. The third-order valence-electron chi connectivity index (χ3n) is 2.07. The molecule has 2 rings (SSSR count). The average molecular weight is 208 g/mol. The van der Waals surface area contributed by atoms with Crippen LogP contribution in [0.2, 0.25) is 0 Å². The van der Waals surface area contributed by atoms with E-state index in [1.807, 2.05) is 0 Å². The fourth-order valence-electron chi connectivity index (χ4n) is 1.35. The molecule has 0 bridgehead atoms. The number of amides is 1. The normalized spacial score (nSPS) is 14.5. The number of hydrogen-bond acceptors (Lipinski definition) is 4. The summed E-state index contributed by atoms with van der Waals surface area (Å²) in [6.07, 6.45) is 0. The van der Waals surface area contributed by atoms with E-state index < -0.39 is 4.92 Å². The highest BCUT2D eigenvalue weighted by Crippen LogP contribution is 2.25. The number of nitrogens with zero attached hydrogens (tertiary/aromatic N) is 1. The van der Waals surface area contributed by atoms with Crippen molar-refractivity contribution in [2.24, 2.45) is 0 Å². The molecule has 0 saturated heterocycles. The first kappa shape index (κ1) is 9.45. The van der Waals surface area contributed by atoms with E-state index in [2.05, 4.69) is 5.32 Å². The van der Waals surface area contributed by atoms with Gasteiger partial charge < -0.3 is 10.1 Å². The van der Waals surface area contributed by atoms with Crippen LogP contribution in [0.25, 0.3) is 0 Å². The van der Waals surface area contributed by atoms with Crippen molar-refractivity contribution < 1.29 is 14.5 Å². The number of ether oxygens (including phenoxy) is 1. The van der Waals surface area contributed by atoms with Crippen LogP contribution < -0.4 is 10.1 Å². The van der Waals surface area contributed by atoms with E-state index in [1.54, 1.807) is 0 Å². The molecular formula is C9H8N2O4. The van der Waals surface area contributed by atoms with Crippen molar-refractivity contribution in [3.8, 4) is 5.75 Å². The zero-order chi connectivity index (χ0) is 10.8. The number of fused-ring (bicyclic) bond motifs is 1. The minimum absolute atomic E-state index is 0.0801. The molecule has 0 atom stereocenters. The molecule has 0 fully saturated rings. The van der Waals surface area contributed by atoms with E-state index in [1.165, 1.54) is 18.2 Å². The van der Waals surface area contributed by atoms with Gasteiger partial charge in [0.25, 0.3) is 11.6 Å². The lowest BCUT2D eigenvalue weighted by Gasteiger charge is -2.03.